The minimum Gasteiger partial charge on any atom is -0.497 e. The first-order valence-electron chi connectivity index (χ1n) is 6.25. The van der Waals surface area contributed by atoms with Crippen molar-refractivity contribution in [3.63, 3.8) is 0 Å². The molecular formula is C17H15NO. The van der Waals surface area contributed by atoms with Gasteiger partial charge in [-0.25, -0.2) is 0 Å². The Balaban J connectivity index is 1.91. The summed E-state index contributed by atoms with van der Waals surface area (Å²) in [6.45, 7) is 0. The summed E-state index contributed by atoms with van der Waals surface area (Å²) in [6, 6.07) is 18.4. The lowest BCUT2D eigenvalue weighted by Gasteiger charge is -1.97. The van der Waals surface area contributed by atoms with Gasteiger partial charge in [-0.2, -0.15) is 0 Å². The van der Waals surface area contributed by atoms with E-state index in [-0.39, 0.29) is 0 Å². The Morgan fingerprint density at radius 3 is 2.58 bits per heavy atom. The van der Waals surface area contributed by atoms with Crippen molar-refractivity contribution in [2.45, 2.75) is 0 Å². The van der Waals surface area contributed by atoms with E-state index in [0.717, 1.165) is 17.0 Å². The monoisotopic (exact) mass is 249 g/mol. The Kier molecular flexibility index (Phi) is 3.07. The van der Waals surface area contributed by atoms with Gasteiger partial charge in [0.05, 0.1) is 7.11 Å². The maximum absolute atomic E-state index is 5.22. The smallest absolute Gasteiger partial charge is 0.120 e. The topological polar surface area (TPSA) is 25.0 Å². The number of nitrogens with one attached hydrogen (secondary N) is 1. The fourth-order valence-electron chi connectivity index (χ4n) is 2.10. The summed E-state index contributed by atoms with van der Waals surface area (Å²) in [6.07, 6.45) is 4.18. The summed E-state index contributed by atoms with van der Waals surface area (Å²) in [5, 5.41) is 1.19. The number of aromatic amines is 1. The molecule has 0 spiro atoms. The maximum Gasteiger partial charge on any atom is 0.120 e. The van der Waals surface area contributed by atoms with Gasteiger partial charge in [0.1, 0.15) is 5.75 Å². The van der Waals surface area contributed by atoms with Crippen LogP contribution < -0.4 is 4.74 Å². The van der Waals surface area contributed by atoms with Gasteiger partial charge < -0.3 is 9.72 Å². The molecule has 94 valence electrons. The minimum absolute atomic E-state index is 0.868. The zero-order valence-corrected chi connectivity index (χ0v) is 10.8. The molecule has 1 aromatic heterocycles. The molecule has 0 radical (unpaired) electrons. The number of hydrogen-bond donors (Lipinski definition) is 1. The third-order valence-electron chi connectivity index (χ3n) is 3.11. The number of aromatic nitrogens is 1. The maximum atomic E-state index is 5.22. The van der Waals surface area contributed by atoms with E-state index in [1.807, 2.05) is 30.3 Å². The molecule has 1 N–H and O–H groups in total. The predicted octanol–water partition coefficient (Wildman–Crippen LogP) is 4.35. The van der Waals surface area contributed by atoms with E-state index in [9.17, 15) is 0 Å². The molecule has 0 aliphatic carbocycles. The number of H-pyrrole nitrogens is 1. The lowest BCUT2D eigenvalue weighted by Crippen LogP contribution is -1.80. The highest BCUT2D eigenvalue weighted by Gasteiger charge is 1.99. The Labute approximate surface area is 112 Å². The zero-order chi connectivity index (χ0) is 13.1. The van der Waals surface area contributed by atoms with E-state index in [4.69, 9.17) is 4.74 Å². The van der Waals surface area contributed by atoms with Crippen LogP contribution in [0.5, 0.6) is 5.75 Å². The zero-order valence-electron chi connectivity index (χ0n) is 10.8. The third kappa shape index (κ3) is 2.52. The van der Waals surface area contributed by atoms with Gasteiger partial charge in [0, 0.05) is 22.7 Å². The molecule has 0 aliphatic rings. The van der Waals surface area contributed by atoms with Crippen LogP contribution in [0.3, 0.4) is 0 Å². The van der Waals surface area contributed by atoms with E-state index in [1.165, 1.54) is 10.9 Å². The second kappa shape index (κ2) is 5.02. The van der Waals surface area contributed by atoms with Gasteiger partial charge in [0.15, 0.2) is 0 Å². The molecule has 0 amide bonds. The average molecular weight is 249 g/mol. The highest BCUT2D eigenvalue weighted by atomic mass is 16.5. The van der Waals surface area contributed by atoms with Crippen LogP contribution in [0.2, 0.25) is 0 Å². The van der Waals surface area contributed by atoms with Crippen LogP contribution in [0.4, 0.5) is 0 Å². The highest BCUT2D eigenvalue weighted by molar-refractivity contribution is 5.85. The van der Waals surface area contributed by atoms with Gasteiger partial charge in [-0.05, 0) is 29.8 Å². The van der Waals surface area contributed by atoms with Crippen LogP contribution in [0.25, 0.3) is 23.1 Å². The molecule has 2 heteroatoms. The summed E-state index contributed by atoms with van der Waals surface area (Å²) in [5.74, 6) is 0.868. The summed E-state index contributed by atoms with van der Waals surface area (Å²) in [4.78, 5) is 3.37. The first-order chi connectivity index (χ1) is 9.35. The van der Waals surface area contributed by atoms with Crippen LogP contribution >= 0.6 is 0 Å². The van der Waals surface area contributed by atoms with Crippen molar-refractivity contribution in [3.8, 4) is 5.75 Å². The van der Waals surface area contributed by atoms with Crippen molar-refractivity contribution in [1.82, 2.24) is 4.98 Å². The van der Waals surface area contributed by atoms with E-state index in [2.05, 4.69) is 41.4 Å². The number of benzene rings is 2. The fourth-order valence-corrected chi connectivity index (χ4v) is 2.10. The minimum atomic E-state index is 0.868. The third-order valence-corrected chi connectivity index (χ3v) is 3.11. The van der Waals surface area contributed by atoms with Gasteiger partial charge in [-0.3, -0.25) is 0 Å². The van der Waals surface area contributed by atoms with Crippen LogP contribution in [0.15, 0.2) is 54.6 Å². The lowest BCUT2D eigenvalue weighted by molar-refractivity contribution is 0.415. The molecule has 0 fully saturated rings. The van der Waals surface area contributed by atoms with Crippen molar-refractivity contribution in [2.24, 2.45) is 0 Å². The number of rotatable bonds is 3. The molecule has 19 heavy (non-hydrogen) atoms. The van der Waals surface area contributed by atoms with Crippen LogP contribution in [0.1, 0.15) is 11.3 Å². The quantitative estimate of drug-likeness (QED) is 0.733. The van der Waals surface area contributed by atoms with Crippen molar-refractivity contribution < 1.29 is 4.74 Å². The molecule has 0 aliphatic heterocycles. The SMILES string of the molecule is COc1ccc2cc(C=Cc3ccccc3)[nH]c2c1. The molecule has 1 heterocycles. The van der Waals surface area contributed by atoms with Crippen LogP contribution in [-0.2, 0) is 0 Å². The molecule has 3 rings (SSSR count). The van der Waals surface area contributed by atoms with Crippen molar-refractivity contribution in [3.05, 3.63) is 65.9 Å². The molecule has 3 aromatic rings. The van der Waals surface area contributed by atoms with Crippen LogP contribution in [0, 0.1) is 0 Å². The lowest BCUT2D eigenvalue weighted by atomic mass is 10.2. The average Bonchev–Trinajstić information content (AvgIpc) is 2.88. The number of fused-ring (bicyclic) bond motifs is 1. The molecule has 0 bridgehead atoms. The molecular weight excluding hydrogens is 234 g/mol. The molecule has 0 unspecified atom stereocenters. The number of hydrogen-bond acceptors (Lipinski definition) is 1. The first-order valence-corrected chi connectivity index (χ1v) is 6.25. The molecule has 2 aromatic carbocycles. The highest BCUT2D eigenvalue weighted by Crippen LogP contribution is 2.22. The summed E-state index contributed by atoms with van der Waals surface area (Å²) in [7, 11) is 1.68. The summed E-state index contributed by atoms with van der Waals surface area (Å²) < 4.78 is 5.22. The van der Waals surface area contributed by atoms with Gasteiger partial charge in [-0.1, -0.05) is 36.4 Å². The number of methoxy groups -OCH3 is 1. The van der Waals surface area contributed by atoms with Gasteiger partial charge in [-0.15, -0.1) is 0 Å². The Morgan fingerprint density at radius 2 is 1.79 bits per heavy atom. The Morgan fingerprint density at radius 1 is 0.947 bits per heavy atom. The van der Waals surface area contributed by atoms with Gasteiger partial charge in [0.25, 0.3) is 0 Å². The second-order valence-corrected chi connectivity index (χ2v) is 4.42. The predicted molar refractivity (Wildman–Crippen MR) is 80.2 cm³/mol. The van der Waals surface area contributed by atoms with Crippen molar-refractivity contribution in [1.29, 1.82) is 0 Å². The number of ether oxygens (including phenoxy) is 1. The molecule has 2 nitrogen and oxygen atoms in total. The van der Waals surface area contributed by atoms with E-state index in [1.54, 1.807) is 7.11 Å². The van der Waals surface area contributed by atoms with E-state index in [0.29, 0.717) is 0 Å². The largest absolute Gasteiger partial charge is 0.497 e. The van der Waals surface area contributed by atoms with Gasteiger partial charge in [0.2, 0.25) is 0 Å². The van der Waals surface area contributed by atoms with Crippen molar-refractivity contribution in [2.75, 3.05) is 7.11 Å². The second-order valence-electron chi connectivity index (χ2n) is 4.42. The first kappa shape index (κ1) is 11.6. The Bertz CT molecular complexity index is 710. The van der Waals surface area contributed by atoms with Gasteiger partial charge >= 0.3 is 0 Å². The van der Waals surface area contributed by atoms with E-state index < -0.39 is 0 Å². The molecule has 0 atom stereocenters. The molecule has 0 saturated carbocycles. The summed E-state index contributed by atoms with van der Waals surface area (Å²) in [5.41, 5.74) is 3.37. The standard InChI is InChI=1S/C17H15NO/c1-19-16-10-8-14-11-15(18-17(14)12-16)9-7-13-5-3-2-4-6-13/h2-12,18H,1H3. The van der Waals surface area contributed by atoms with Crippen LogP contribution in [-0.4, -0.2) is 12.1 Å². The molecule has 0 saturated heterocycles. The Hall–Kier alpha value is -2.48. The normalized spacial score (nSPS) is 11.2. The fraction of sp³-hybridized carbons (Fsp3) is 0.0588. The van der Waals surface area contributed by atoms with Crippen molar-refractivity contribution >= 4 is 23.1 Å². The summed E-state index contributed by atoms with van der Waals surface area (Å²) >= 11 is 0. The van der Waals surface area contributed by atoms with E-state index >= 15 is 0 Å².